The number of halogens is 3. The van der Waals surface area contributed by atoms with Crippen molar-refractivity contribution in [1.29, 1.82) is 0 Å². The molecular weight excluding hydrogens is 493 g/mol. The van der Waals surface area contributed by atoms with Crippen molar-refractivity contribution in [2.45, 2.75) is 31.3 Å². The molecule has 13 heteroatoms. The number of carbonyl (C=O) groups is 2. The molecule has 0 fully saturated rings. The molecule has 0 aliphatic rings. The summed E-state index contributed by atoms with van der Waals surface area (Å²) in [5.41, 5.74) is -0.507. The molecule has 2 heterocycles. The molecule has 1 aromatic carbocycles. The van der Waals surface area contributed by atoms with Gasteiger partial charge in [0.2, 0.25) is 5.91 Å². The summed E-state index contributed by atoms with van der Waals surface area (Å²) in [6.45, 7) is 1.84. The second-order valence-electron chi connectivity index (χ2n) is 6.91. The van der Waals surface area contributed by atoms with Crippen LogP contribution in [-0.4, -0.2) is 39.5 Å². The van der Waals surface area contributed by atoms with Gasteiger partial charge in [0.15, 0.2) is 11.0 Å². The fraction of sp³-hybridized carbons (Fsp3) is 0.333. The Morgan fingerprint density at radius 1 is 1.24 bits per heavy atom. The summed E-state index contributed by atoms with van der Waals surface area (Å²) >= 11 is 2.42. The average molecular weight is 515 g/mol. The number of rotatable bonds is 9. The number of ether oxygens (including phenoxy) is 2. The molecule has 0 saturated heterocycles. The van der Waals surface area contributed by atoms with Gasteiger partial charge < -0.3 is 19.4 Å². The van der Waals surface area contributed by atoms with Gasteiger partial charge in [0, 0.05) is 11.9 Å². The third-order valence-electron chi connectivity index (χ3n) is 4.58. The normalized spacial score (nSPS) is 11.4. The van der Waals surface area contributed by atoms with E-state index < -0.39 is 17.7 Å². The lowest BCUT2D eigenvalue weighted by Crippen LogP contribution is -2.16. The van der Waals surface area contributed by atoms with Gasteiger partial charge in [-0.05, 0) is 30.7 Å². The topological polar surface area (TPSA) is 95.3 Å². The van der Waals surface area contributed by atoms with Gasteiger partial charge in [0.25, 0.3) is 0 Å². The van der Waals surface area contributed by atoms with E-state index in [4.69, 9.17) is 9.47 Å². The Bertz CT molecular complexity index is 1180. The standard InChI is InChI=1S/C21H21F3N4O4S2/c1-4-14-9-15(19(30)31-3)18(34-14)25-17(29)11-33-20-27-26-16(28(20)2)10-32-13-7-5-6-12(8-13)21(22,23)24/h5-9H,4,10-11H2,1-3H3,(H,25,29). The van der Waals surface area contributed by atoms with Crippen LogP contribution in [-0.2, 0) is 35.8 Å². The molecule has 2 aromatic heterocycles. The van der Waals surface area contributed by atoms with E-state index >= 15 is 0 Å². The summed E-state index contributed by atoms with van der Waals surface area (Å²) in [5, 5.41) is 11.6. The van der Waals surface area contributed by atoms with Gasteiger partial charge in [-0.3, -0.25) is 4.79 Å². The minimum Gasteiger partial charge on any atom is -0.486 e. The van der Waals surface area contributed by atoms with Gasteiger partial charge >= 0.3 is 12.1 Å². The first-order valence-corrected chi connectivity index (χ1v) is 11.7. The Balaban J connectivity index is 1.58. The number of esters is 1. The largest absolute Gasteiger partial charge is 0.486 e. The van der Waals surface area contributed by atoms with Crippen molar-refractivity contribution >= 4 is 40.0 Å². The quantitative estimate of drug-likeness (QED) is 0.331. The van der Waals surface area contributed by atoms with E-state index in [1.54, 1.807) is 17.7 Å². The molecule has 0 atom stereocenters. The molecule has 0 spiro atoms. The third-order valence-corrected chi connectivity index (χ3v) is 6.79. The van der Waals surface area contributed by atoms with Crippen LogP contribution in [0.5, 0.6) is 5.75 Å². The molecular formula is C21H21F3N4O4S2. The number of carbonyl (C=O) groups excluding carboxylic acids is 2. The number of aromatic nitrogens is 3. The van der Waals surface area contributed by atoms with Crippen LogP contribution in [0.2, 0.25) is 0 Å². The number of hydrogen-bond acceptors (Lipinski definition) is 8. The maximum atomic E-state index is 12.8. The third kappa shape index (κ3) is 6.29. The summed E-state index contributed by atoms with van der Waals surface area (Å²) in [4.78, 5) is 25.3. The van der Waals surface area contributed by atoms with Crippen LogP contribution in [0.15, 0.2) is 35.5 Å². The number of anilines is 1. The lowest BCUT2D eigenvalue weighted by atomic mass is 10.2. The number of benzene rings is 1. The second kappa shape index (κ2) is 10.9. The van der Waals surface area contributed by atoms with E-state index in [0.717, 1.165) is 28.8 Å². The second-order valence-corrected chi connectivity index (χ2v) is 8.99. The van der Waals surface area contributed by atoms with Crippen molar-refractivity contribution < 1.29 is 32.2 Å². The summed E-state index contributed by atoms with van der Waals surface area (Å²) in [6.07, 6.45) is -3.75. The summed E-state index contributed by atoms with van der Waals surface area (Å²) in [6, 6.07) is 6.24. The fourth-order valence-corrected chi connectivity index (χ4v) is 4.50. The molecule has 1 N–H and O–H groups in total. The number of aryl methyl sites for hydroxylation is 1. The maximum Gasteiger partial charge on any atom is 0.416 e. The van der Waals surface area contributed by atoms with Crippen LogP contribution in [0.3, 0.4) is 0 Å². The predicted molar refractivity (Wildman–Crippen MR) is 121 cm³/mol. The van der Waals surface area contributed by atoms with Crippen LogP contribution in [0.4, 0.5) is 18.2 Å². The average Bonchev–Trinajstić information content (AvgIpc) is 3.38. The van der Waals surface area contributed by atoms with Crippen molar-refractivity contribution in [1.82, 2.24) is 14.8 Å². The van der Waals surface area contributed by atoms with Crippen LogP contribution in [0.1, 0.15) is 33.5 Å². The predicted octanol–water partition coefficient (Wildman–Crippen LogP) is 4.55. The Morgan fingerprint density at radius 3 is 2.68 bits per heavy atom. The van der Waals surface area contributed by atoms with Gasteiger partial charge in [-0.15, -0.1) is 21.5 Å². The monoisotopic (exact) mass is 514 g/mol. The Kier molecular flexibility index (Phi) is 8.20. The smallest absolute Gasteiger partial charge is 0.416 e. The first-order valence-electron chi connectivity index (χ1n) is 9.94. The number of thioether (sulfide) groups is 1. The number of amides is 1. The Labute approximate surface area is 201 Å². The van der Waals surface area contributed by atoms with Crippen molar-refractivity contribution in [2.75, 3.05) is 18.2 Å². The molecule has 34 heavy (non-hydrogen) atoms. The number of thiophene rings is 1. The van der Waals surface area contributed by atoms with E-state index in [0.29, 0.717) is 28.0 Å². The van der Waals surface area contributed by atoms with Gasteiger partial charge in [0.05, 0.1) is 24.0 Å². The molecule has 3 aromatic rings. The number of nitrogens with one attached hydrogen (secondary N) is 1. The van der Waals surface area contributed by atoms with E-state index in [9.17, 15) is 22.8 Å². The van der Waals surface area contributed by atoms with Gasteiger partial charge in [0.1, 0.15) is 17.4 Å². The first-order chi connectivity index (χ1) is 16.1. The highest BCUT2D eigenvalue weighted by molar-refractivity contribution is 7.99. The Hall–Kier alpha value is -3.06. The van der Waals surface area contributed by atoms with Crippen LogP contribution >= 0.6 is 23.1 Å². The van der Waals surface area contributed by atoms with Gasteiger partial charge in [-0.25, -0.2) is 4.79 Å². The number of hydrogen-bond donors (Lipinski definition) is 1. The molecule has 182 valence electrons. The van der Waals surface area contributed by atoms with Crippen LogP contribution in [0.25, 0.3) is 0 Å². The number of methoxy groups -OCH3 is 1. The first kappa shape index (κ1) is 25.6. The lowest BCUT2D eigenvalue weighted by molar-refractivity contribution is -0.137. The molecule has 0 bridgehead atoms. The maximum absolute atomic E-state index is 12.8. The van der Waals surface area contributed by atoms with Crippen LogP contribution in [0, 0.1) is 0 Å². The molecule has 0 unspecified atom stereocenters. The van der Waals surface area contributed by atoms with E-state index in [1.165, 1.54) is 30.6 Å². The molecule has 3 rings (SSSR count). The zero-order valence-electron chi connectivity index (χ0n) is 18.4. The molecule has 0 aliphatic carbocycles. The molecule has 8 nitrogen and oxygen atoms in total. The Morgan fingerprint density at radius 2 is 2.00 bits per heavy atom. The van der Waals surface area contributed by atoms with Gasteiger partial charge in [-0.2, -0.15) is 13.2 Å². The minimum absolute atomic E-state index is 0.000426. The lowest BCUT2D eigenvalue weighted by Gasteiger charge is -2.10. The molecule has 1 amide bonds. The highest BCUT2D eigenvalue weighted by Gasteiger charge is 2.30. The summed E-state index contributed by atoms with van der Waals surface area (Å²) in [7, 11) is 2.93. The molecule has 0 saturated carbocycles. The number of alkyl halides is 3. The van der Waals surface area contributed by atoms with E-state index in [1.807, 2.05) is 6.92 Å². The van der Waals surface area contributed by atoms with E-state index in [-0.39, 0.29) is 24.0 Å². The van der Waals surface area contributed by atoms with Crippen molar-refractivity contribution in [3.63, 3.8) is 0 Å². The van der Waals surface area contributed by atoms with Crippen LogP contribution < -0.4 is 10.1 Å². The molecule has 0 aliphatic heterocycles. The summed E-state index contributed by atoms with van der Waals surface area (Å²) < 4.78 is 50.3. The highest BCUT2D eigenvalue weighted by atomic mass is 32.2. The van der Waals surface area contributed by atoms with Crippen molar-refractivity contribution in [2.24, 2.45) is 7.05 Å². The van der Waals surface area contributed by atoms with Crippen molar-refractivity contribution in [3.05, 3.63) is 52.2 Å². The molecule has 0 radical (unpaired) electrons. The number of nitrogens with zero attached hydrogens (tertiary/aromatic N) is 3. The minimum atomic E-state index is -4.46. The highest BCUT2D eigenvalue weighted by Crippen LogP contribution is 2.32. The SMILES string of the molecule is CCc1cc(C(=O)OC)c(NC(=O)CSc2nnc(COc3cccc(C(F)(F)F)c3)n2C)s1. The van der Waals surface area contributed by atoms with Gasteiger partial charge in [-0.1, -0.05) is 24.8 Å². The van der Waals surface area contributed by atoms with Crippen molar-refractivity contribution in [3.8, 4) is 5.75 Å². The fourth-order valence-electron chi connectivity index (χ4n) is 2.77. The zero-order chi connectivity index (χ0) is 24.9. The summed E-state index contributed by atoms with van der Waals surface area (Å²) in [5.74, 6) is -0.447. The van der Waals surface area contributed by atoms with E-state index in [2.05, 4.69) is 15.5 Å². The zero-order valence-corrected chi connectivity index (χ0v) is 20.1.